The molecule has 0 aliphatic carbocycles. The molecule has 2 atom stereocenters. The Kier molecular flexibility index (Phi) is 6.46. The highest BCUT2D eigenvalue weighted by atomic mass is 32.2. The summed E-state index contributed by atoms with van der Waals surface area (Å²) in [6.45, 7) is 8.12. The van der Waals surface area contributed by atoms with E-state index in [2.05, 4.69) is 20.8 Å². The van der Waals surface area contributed by atoms with Gasteiger partial charge in [0.1, 0.15) is 0 Å². The van der Waals surface area contributed by atoms with Crippen LogP contribution < -0.4 is 5.56 Å². The third kappa shape index (κ3) is 4.69. The van der Waals surface area contributed by atoms with E-state index in [9.17, 15) is 9.59 Å². The van der Waals surface area contributed by atoms with Crippen LogP contribution in [-0.4, -0.2) is 39.2 Å². The van der Waals surface area contributed by atoms with E-state index in [1.54, 1.807) is 10.6 Å². The molecule has 0 N–H and O–H groups in total. The molecule has 4 rings (SSSR count). The number of benzene rings is 2. The molecular formula is C25H29N3O2S. The molecule has 0 saturated carbocycles. The maximum Gasteiger partial charge on any atom is 0.266 e. The predicted octanol–water partition coefficient (Wildman–Crippen LogP) is 4.54. The molecule has 1 aliphatic heterocycles. The highest BCUT2D eigenvalue weighted by molar-refractivity contribution is 7.99. The molecule has 162 valence electrons. The fraction of sp³-hybridized carbons (Fsp3) is 0.400. The smallest absolute Gasteiger partial charge is 0.266 e. The number of aryl methyl sites for hydroxylation is 1. The molecule has 1 amide bonds. The molecule has 5 nitrogen and oxygen atoms in total. The third-order valence-electron chi connectivity index (χ3n) is 5.89. The van der Waals surface area contributed by atoms with Crippen LogP contribution in [0.15, 0.2) is 58.5 Å². The van der Waals surface area contributed by atoms with E-state index in [1.807, 2.05) is 47.4 Å². The number of piperidine rings is 1. The zero-order valence-corrected chi connectivity index (χ0v) is 19.2. The number of rotatable bonds is 5. The molecule has 31 heavy (non-hydrogen) atoms. The monoisotopic (exact) mass is 435 g/mol. The molecule has 2 heterocycles. The lowest BCUT2D eigenvalue weighted by molar-refractivity contribution is -0.130. The van der Waals surface area contributed by atoms with Crippen molar-refractivity contribution >= 4 is 28.6 Å². The molecule has 6 heteroatoms. The normalized spacial score (nSPS) is 19.0. The Hall–Kier alpha value is -2.60. The zero-order valence-electron chi connectivity index (χ0n) is 18.4. The second-order valence-electron chi connectivity index (χ2n) is 8.61. The molecule has 0 spiro atoms. The number of aromatic nitrogens is 2. The van der Waals surface area contributed by atoms with Crippen LogP contribution in [0.3, 0.4) is 0 Å². The molecule has 3 aromatic rings. The third-order valence-corrected chi connectivity index (χ3v) is 6.82. The minimum atomic E-state index is -0.106. The van der Waals surface area contributed by atoms with Crippen molar-refractivity contribution < 1.29 is 4.79 Å². The molecule has 2 unspecified atom stereocenters. The van der Waals surface area contributed by atoms with Crippen molar-refractivity contribution in [1.29, 1.82) is 0 Å². The molecule has 1 aromatic heterocycles. The van der Waals surface area contributed by atoms with Crippen LogP contribution in [0, 0.1) is 11.8 Å². The number of para-hydroxylation sites is 1. The molecule has 0 bridgehead atoms. The van der Waals surface area contributed by atoms with Crippen molar-refractivity contribution in [3.05, 3.63) is 64.4 Å². The summed E-state index contributed by atoms with van der Waals surface area (Å²) in [6, 6.07) is 15.4. The molecule has 1 aliphatic rings. The average molecular weight is 436 g/mol. The predicted molar refractivity (Wildman–Crippen MR) is 127 cm³/mol. The van der Waals surface area contributed by atoms with Crippen LogP contribution >= 0.6 is 11.8 Å². The summed E-state index contributed by atoms with van der Waals surface area (Å²) in [4.78, 5) is 33.0. The molecule has 2 aromatic carbocycles. The fourth-order valence-electron chi connectivity index (χ4n) is 4.40. The van der Waals surface area contributed by atoms with Crippen LogP contribution in [0.4, 0.5) is 0 Å². The Morgan fingerprint density at radius 1 is 1.06 bits per heavy atom. The Morgan fingerprint density at radius 3 is 2.42 bits per heavy atom. The lowest BCUT2D eigenvalue weighted by Crippen LogP contribution is -2.43. The van der Waals surface area contributed by atoms with Gasteiger partial charge in [-0.3, -0.25) is 14.2 Å². The van der Waals surface area contributed by atoms with E-state index < -0.39 is 0 Å². The van der Waals surface area contributed by atoms with Gasteiger partial charge in [0.05, 0.1) is 22.3 Å². The highest BCUT2D eigenvalue weighted by Gasteiger charge is 2.26. The second-order valence-corrected chi connectivity index (χ2v) is 9.55. The number of thioether (sulfide) groups is 1. The average Bonchev–Trinajstić information content (AvgIpc) is 2.77. The maximum absolute atomic E-state index is 13.4. The topological polar surface area (TPSA) is 55.2 Å². The van der Waals surface area contributed by atoms with Gasteiger partial charge in [-0.1, -0.05) is 56.8 Å². The van der Waals surface area contributed by atoms with Gasteiger partial charge in [0.2, 0.25) is 5.91 Å². The van der Waals surface area contributed by atoms with Gasteiger partial charge in [-0.2, -0.15) is 0 Å². The summed E-state index contributed by atoms with van der Waals surface area (Å²) in [5, 5.41) is 1.14. The van der Waals surface area contributed by atoms with Crippen LogP contribution in [0.1, 0.15) is 32.8 Å². The SMILES string of the molecule is CCc1ccc(-n2c(SCC(=O)N3CC(C)CC(C)C3)nc3ccccc3c2=O)cc1. The summed E-state index contributed by atoms with van der Waals surface area (Å²) in [5.74, 6) is 1.43. The van der Waals surface area contributed by atoms with E-state index in [0.717, 1.165) is 31.6 Å². The van der Waals surface area contributed by atoms with Crippen molar-refractivity contribution in [3.8, 4) is 5.69 Å². The van der Waals surface area contributed by atoms with Gasteiger partial charge in [-0.05, 0) is 54.5 Å². The lowest BCUT2D eigenvalue weighted by atomic mass is 9.92. The number of carbonyl (C=O) groups is 1. The Morgan fingerprint density at radius 2 is 1.74 bits per heavy atom. The summed E-state index contributed by atoms with van der Waals surface area (Å²) in [5.41, 5.74) is 2.54. The molecular weight excluding hydrogens is 406 g/mol. The second kappa shape index (κ2) is 9.27. The minimum Gasteiger partial charge on any atom is -0.341 e. The Balaban J connectivity index is 1.67. The number of hydrogen-bond donors (Lipinski definition) is 0. The summed E-state index contributed by atoms with van der Waals surface area (Å²) >= 11 is 1.35. The van der Waals surface area contributed by atoms with E-state index in [0.29, 0.717) is 27.9 Å². The van der Waals surface area contributed by atoms with Crippen molar-refractivity contribution in [2.45, 2.75) is 38.8 Å². The van der Waals surface area contributed by atoms with E-state index in [-0.39, 0.29) is 17.2 Å². The van der Waals surface area contributed by atoms with E-state index in [1.165, 1.54) is 17.3 Å². The fourth-order valence-corrected chi connectivity index (χ4v) is 5.32. The van der Waals surface area contributed by atoms with Crippen molar-refractivity contribution in [2.24, 2.45) is 11.8 Å². The number of carbonyl (C=O) groups excluding carboxylic acids is 1. The first-order valence-corrected chi connectivity index (χ1v) is 12.0. The number of likely N-dealkylation sites (tertiary alicyclic amines) is 1. The Bertz CT molecular complexity index is 1130. The van der Waals surface area contributed by atoms with E-state index >= 15 is 0 Å². The van der Waals surface area contributed by atoms with Crippen LogP contribution in [-0.2, 0) is 11.2 Å². The van der Waals surface area contributed by atoms with Crippen molar-refractivity contribution in [2.75, 3.05) is 18.8 Å². The van der Waals surface area contributed by atoms with Gasteiger partial charge in [0.25, 0.3) is 5.56 Å². The largest absolute Gasteiger partial charge is 0.341 e. The highest BCUT2D eigenvalue weighted by Crippen LogP contribution is 2.25. The van der Waals surface area contributed by atoms with Gasteiger partial charge in [-0.15, -0.1) is 0 Å². The first-order chi connectivity index (χ1) is 15.0. The van der Waals surface area contributed by atoms with Crippen LogP contribution in [0.25, 0.3) is 16.6 Å². The van der Waals surface area contributed by atoms with Gasteiger partial charge >= 0.3 is 0 Å². The summed E-state index contributed by atoms with van der Waals surface area (Å²) < 4.78 is 1.64. The lowest BCUT2D eigenvalue weighted by Gasteiger charge is -2.35. The van der Waals surface area contributed by atoms with Crippen LogP contribution in [0.2, 0.25) is 0 Å². The maximum atomic E-state index is 13.4. The first kappa shape index (κ1) is 21.6. The number of hydrogen-bond acceptors (Lipinski definition) is 4. The van der Waals surface area contributed by atoms with Crippen molar-refractivity contribution in [1.82, 2.24) is 14.5 Å². The minimum absolute atomic E-state index is 0.106. The Labute approximate surface area is 187 Å². The summed E-state index contributed by atoms with van der Waals surface area (Å²) in [6.07, 6.45) is 2.10. The van der Waals surface area contributed by atoms with Gasteiger partial charge in [-0.25, -0.2) is 4.98 Å². The number of fused-ring (bicyclic) bond motifs is 1. The standard InChI is InChI=1S/C25H29N3O2S/c1-4-19-9-11-20(12-10-19)28-24(30)21-7-5-6-8-22(21)26-25(28)31-16-23(29)27-14-17(2)13-18(3)15-27/h5-12,17-18H,4,13-16H2,1-3H3. The molecule has 0 radical (unpaired) electrons. The number of amides is 1. The van der Waals surface area contributed by atoms with Gasteiger partial charge < -0.3 is 4.90 Å². The quantitative estimate of drug-likeness (QED) is 0.436. The zero-order chi connectivity index (χ0) is 22.0. The summed E-state index contributed by atoms with van der Waals surface area (Å²) in [7, 11) is 0. The van der Waals surface area contributed by atoms with Gasteiger partial charge in [0.15, 0.2) is 5.16 Å². The van der Waals surface area contributed by atoms with Crippen LogP contribution in [0.5, 0.6) is 0 Å². The van der Waals surface area contributed by atoms with Gasteiger partial charge in [0, 0.05) is 13.1 Å². The molecule has 1 fully saturated rings. The van der Waals surface area contributed by atoms with E-state index in [4.69, 9.17) is 4.98 Å². The van der Waals surface area contributed by atoms with Crippen molar-refractivity contribution in [3.63, 3.8) is 0 Å². The number of nitrogens with zero attached hydrogens (tertiary/aromatic N) is 3. The first-order valence-electron chi connectivity index (χ1n) is 11.0. The molecule has 1 saturated heterocycles.